The number of aliphatic hydroxyl groups excluding tert-OH is 1. The lowest BCUT2D eigenvalue weighted by atomic mass is 10.0. The van der Waals surface area contributed by atoms with Crippen LogP contribution in [0.3, 0.4) is 0 Å². The van der Waals surface area contributed by atoms with Gasteiger partial charge in [0.2, 0.25) is 23.6 Å². The summed E-state index contributed by atoms with van der Waals surface area (Å²) in [6, 6.07) is -5.85. The minimum atomic E-state index is -1.67. The highest BCUT2D eigenvalue weighted by Crippen LogP contribution is 2.07. The zero-order valence-electron chi connectivity index (χ0n) is 18.7. The maximum absolute atomic E-state index is 12.6. The molecule has 0 aromatic carbocycles. The third-order valence-electron chi connectivity index (χ3n) is 4.43. The Bertz CT molecular complexity index is 741. The second kappa shape index (κ2) is 14.0. The molecule has 188 valence electrons. The Morgan fingerprint density at radius 3 is 1.82 bits per heavy atom. The fourth-order valence-corrected chi connectivity index (χ4v) is 2.70. The van der Waals surface area contributed by atoms with Gasteiger partial charge in [-0.15, -0.1) is 0 Å². The SMILES string of the molecule is CC(C)CC(NC(=O)C(NC(=O)C(CC(=O)O)NC(=O)C(N)CCC(N)=O)C(C)O)C(=O)O. The summed E-state index contributed by atoms with van der Waals surface area (Å²) in [5.74, 6) is -6.62. The molecule has 14 nitrogen and oxygen atoms in total. The number of carboxylic acids is 2. The number of carbonyl (C=O) groups excluding carboxylic acids is 4. The largest absolute Gasteiger partial charge is 0.481 e. The van der Waals surface area contributed by atoms with Crippen molar-refractivity contribution in [2.24, 2.45) is 17.4 Å². The van der Waals surface area contributed by atoms with E-state index in [0.717, 1.165) is 6.92 Å². The predicted molar refractivity (Wildman–Crippen MR) is 113 cm³/mol. The van der Waals surface area contributed by atoms with E-state index in [1.54, 1.807) is 13.8 Å². The van der Waals surface area contributed by atoms with Gasteiger partial charge >= 0.3 is 11.9 Å². The number of hydrogen-bond donors (Lipinski definition) is 8. The standard InChI is InChI=1S/C19H33N5O9/c1-8(2)6-12(19(32)33)23-18(31)15(9(3)25)24-17(30)11(7-14(27)28)22-16(29)10(20)4-5-13(21)26/h8-12,15,25H,4-7,20H2,1-3H3,(H2,21,26)(H,22,29)(H,23,31)(H,24,30)(H,27,28)(H,32,33). The van der Waals surface area contributed by atoms with Gasteiger partial charge in [0.05, 0.1) is 18.6 Å². The van der Waals surface area contributed by atoms with E-state index in [1.807, 2.05) is 0 Å². The summed E-state index contributed by atoms with van der Waals surface area (Å²) in [4.78, 5) is 70.6. The highest BCUT2D eigenvalue weighted by molar-refractivity contribution is 5.96. The summed E-state index contributed by atoms with van der Waals surface area (Å²) >= 11 is 0. The summed E-state index contributed by atoms with van der Waals surface area (Å²) < 4.78 is 0. The first-order valence-electron chi connectivity index (χ1n) is 10.2. The second-order valence-corrected chi connectivity index (χ2v) is 8.03. The quantitative estimate of drug-likeness (QED) is 0.119. The van der Waals surface area contributed by atoms with Crippen molar-refractivity contribution in [2.75, 3.05) is 0 Å². The first kappa shape index (κ1) is 29.7. The highest BCUT2D eigenvalue weighted by atomic mass is 16.4. The molecule has 0 aliphatic carbocycles. The van der Waals surface area contributed by atoms with E-state index in [2.05, 4.69) is 16.0 Å². The lowest BCUT2D eigenvalue weighted by Crippen LogP contribution is -2.60. The molecule has 14 heteroatoms. The molecule has 10 N–H and O–H groups in total. The zero-order chi connectivity index (χ0) is 25.9. The van der Waals surface area contributed by atoms with Crippen LogP contribution in [0.5, 0.6) is 0 Å². The molecule has 0 aliphatic heterocycles. The van der Waals surface area contributed by atoms with Crippen LogP contribution in [0.15, 0.2) is 0 Å². The first-order chi connectivity index (χ1) is 15.1. The van der Waals surface area contributed by atoms with Crippen LogP contribution in [0.4, 0.5) is 0 Å². The third-order valence-corrected chi connectivity index (χ3v) is 4.43. The fourth-order valence-electron chi connectivity index (χ4n) is 2.70. The molecule has 0 aromatic rings. The Hall–Kier alpha value is -3.26. The van der Waals surface area contributed by atoms with Crippen LogP contribution in [-0.2, 0) is 28.8 Å². The van der Waals surface area contributed by atoms with E-state index in [-0.39, 0.29) is 25.2 Å². The fraction of sp³-hybridized carbons (Fsp3) is 0.684. The lowest BCUT2D eigenvalue weighted by molar-refractivity contribution is -0.144. The first-order valence-corrected chi connectivity index (χ1v) is 10.2. The molecular weight excluding hydrogens is 442 g/mol. The minimum Gasteiger partial charge on any atom is -0.481 e. The monoisotopic (exact) mass is 475 g/mol. The van der Waals surface area contributed by atoms with Gasteiger partial charge in [-0.3, -0.25) is 24.0 Å². The maximum Gasteiger partial charge on any atom is 0.326 e. The molecule has 0 saturated heterocycles. The third kappa shape index (κ3) is 11.8. The van der Waals surface area contributed by atoms with E-state index >= 15 is 0 Å². The topological polar surface area (TPSA) is 251 Å². The van der Waals surface area contributed by atoms with E-state index < -0.39 is 72.3 Å². The van der Waals surface area contributed by atoms with Crippen LogP contribution in [0.2, 0.25) is 0 Å². The summed E-state index contributed by atoms with van der Waals surface area (Å²) in [5, 5.41) is 34.7. The van der Waals surface area contributed by atoms with Gasteiger partial charge in [0.25, 0.3) is 0 Å². The molecule has 33 heavy (non-hydrogen) atoms. The molecule has 0 aliphatic rings. The number of aliphatic carboxylic acids is 2. The molecular formula is C19H33N5O9. The summed E-state index contributed by atoms with van der Waals surface area (Å²) in [6.07, 6.45) is -2.63. The highest BCUT2D eigenvalue weighted by Gasteiger charge is 2.33. The van der Waals surface area contributed by atoms with E-state index in [0.29, 0.717) is 0 Å². The number of carboxylic acid groups (broad SMARTS) is 2. The van der Waals surface area contributed by atoms with Gasteiger partial charge in [0.15, 0.2) is 0 Å². The lowest BCUT2D eigenvalue weighted by Gasteiger charge is -2.26. The van der Waals surface area contributed by atoms with Crippen molar-refractivity contribution in [3.05, 3.63) is 0 Å². The van der Waals surface area contributed by atoms with Gasteiger partial charge in [-0.25, -0.2) is 4.79 Å². The van der Waals surface area contributed by atoms with Crippen LogP contribution in [0, 0.1) is 5.92 Å². The van der Waals surface area contributed by atoms with Crippen LogP contribution in [-0.4, -0.2) is 81.2 Å². The maximum atomic E-state index is 12.6. The van der Waals surface area contributed by atoms with Crippen LogP contribution in [0.1, 0.15) is 46.5 Å². The molecule has 0 aromatic heterocycles. The Kier molecular flexibility index (Phi) is 12.6. The summed E-state index contributed by atoms with van der Waals surface area (Å²) in [6.45, 7) is 4.64. The summed E-state index contributed by atoms with van der Waals surface area (Å²) in [5.41, 5.74) is 10.6. The van der Waals surface area contributed by atoms with Crippen molar-refractivity contribution in [1.82, 2.24) is 16.0 Å². The Morgan fingerprint density at radius 1 is 0.848 bits per heavy atom. The molecule has 5 unspecified atom stereocenters. The Balaban J connectivity index is 5.42. The number of nitrogens with one attached hydrogen (secondary N) is 3. The average molecular weight is 475 g/mol. The van der Waals surface area contributed by atoms with Crippen molar-refractivity contribution in [2.45, 2.75) is 76.7 Å². The number of primary amides is 1. The normalized spacial score (nSPS) is 15.5. The van der Waals surface area contributed by atoms with Crippen molar-refractivity contribution < 1.29 is 44.1 Å². The number of carbonyl (C=O) groups is 6. The molecule has 5 atom stereocenters. The number of rotatable bonds is 15. The number of aliphatic hydroxyl groups is 1. The molecule has 0 rings (SSSR count). The van der Waals surface area contributed by atoms with Gasteiger partial charge < -0.3 is 42.7 Å². The summed E-state index contributed by atoms with van der Waals surface area (Å²) in [7, 11) is 0. The van der Waals surface area contributed by atoms with E-state index in [1.165, 1.54) is 0 Å². The number of nitrogens with two attached hydrogens (primary N) is 2. The van der Waals surface area contributed by atoms with Crippen LogP contribution >= 0.6 is 0 Å². The number of hydrogen-bond acceptors (Lipinski definition) is 8. The van der Waals surface area contributed by atoms with E-state index in [4.69, 9.17) is 16.6 Å². The van der Waals surface area contributed by atoms with Gasteiger partial charge in [0, 0.05) is 6.42 Å². The average Bonchev–Trinajstić information content (AvgIpc) is 2.67. The van der Waals surface area contributed by atoms with Gasteiger partial charge in [-0.1, -0.05) is 13.8 Å². The Morgan fingerprint density at radius 2 is 1.39 bits per heavy atom. The molecule has 0 spiro atoms. The minimum absolute atomic E-state index is 0.0834. The predicted octanol–water partition coefficient (Wildman–Crippen LogP) is -2.98. The molecule has 0 saturated carbocycles. The Labute approximate surface area is 190 Å². The number of amides is 4. The second-order valence-electron chi connectivity index (χ2n) is 8.03. The van der Waals surface area contributed by atoms with E-state index in [9.17, 15) is 39.0 Å². The van der Waals surface area contributed by atoms with Gasteiger partial charge in [-0.05, 0) is 25.7 Å². The smallest absolute Gasteiger partial charge is 0.326 e. The van der Waals surface area contributed by atoms with Crippen molar-refractivity contribution in [3.63, 3.8) is 0 Å². The zero-order valence-corrected chi connectivity index (χ0v) is 18.7. The molecule has 0 bridgehead atoms. The van der Waals surface area contributed by atoms with Crippen molar-refractivity contribution in [1.29, 1.82) is 0 Å². The molecule has 0 heterocycles. The molecule has 0 radical (unpaired) electrons. The molecule has 0 fully saturated rings. The van der Waals surface area contributed by atoms with Crippen molar-refractivity contribution in [3.8, 4) is 0 Å². The van der Waals surface area contributed by atoms with Crippen LogP contribution in [0.25, 0.3) is 0 Å². The molecule has 4 amide bonds. The van der Waals surface area contributed by atoms with Gasteiger partial charge in [0.1, 0.15) is 18.1 Å². The van der Waals surface area contributed by atoms with Gasteiger partial charge in [-0.2, -0.15) is 0 Å². The van der Waals surface area contributed by atoms with Crippen molar-refractivity contribution >= 4 is 35.6 Å². The van der Waals surface area contributed by atoms with Crippen LogP contribution < -0.4 is 27.4 Å².